The van der Waals surface area contributed by atoms with Gasteiger partial charge in [0.25, 0.3) is 0 Å². The number of carbonyl (C=O) groups excluding carboxylic acids is 1. The lowest BCUT2D eigenvalue weighted by molar-refractivity contribution is -0.130. The number of amides is 1. The Morgan fingerprint density at radius 1 is 1.16 bits per heavy atom. The number of H-pyrrole nitrogens is 1. The van der Waals surface area contributed by atoms with Crippen molar-refractivity contribution in [1.82, 2.24) is 40.1 Å². The van der Waals surface area contributed by atoms with Gasteiger partial charge < -0.3 is 14.6 Å². The van der Waals surface area contributed by atoms with Crippen molar-refractivity contribution >= 4 is 16.9 Å². The second-order valence-electron chi connectivity index (χ2n) is 8.90. The van der Waals surface area contributed by atoms with Crippen LogP contribution in [0.5, 0.6) is 11.5 Å². The first-order valence-electron chi connectivity index (χ1n) is 11.8. The number of aryl methyl sites for hydroxylation is 1. The standard InChI is InChI=1S/C26H23FN8O2/c1-15(36)35-12-10-19(27)24(35)18-13-21-22(30-26(29-21)20-5-3-4-11-28-20)14-23(18)37-17-8-6-16(7-9-17)25-31-33-34(2)32-25/h3-9,11,13-14,19,24H,10,12H2,1-2H3,(H,29,30). The zero-order chi connectivity index (χ0) is 25.5. The van der Waals surface area contributed by atoms with Crippen LogP contribution in [0.2, 0.25) is 0 Å². The van der Waals surface area contributed by atoms with Crippen molar-refractivity contribution in [1.29, 1.82) is 0 Å². The largest absolute Gasteiger partial charge is 0.457 e. The highest BCUT2D eigenvalue weighted by molar-refractivity contribution is 5.82. The first-order valence-corrected chi connectivity index (χ1v) is 11.8. The topological polar surface area (TPSA) is 115 Å². The van der Waals surface area contributed by atoms with Crippen molar-refractivity contribution in [2.24, 2.45) is 7.05 Å². The van der Waals surface area contributed by atoms with Crippen molar-refractivity contribution in [3.8, 4) is 34.4 Å². The number of halogens is 1. The molecule has 37 heavy (non-hydrogen) atoms. The number of hydrogen-bond donors (Lipinski definition) is 1. The minimum Gasteiger partial charge on any atom is -0.457 e. The third-order valence-electron chi connectivity index (χ3n) is 6.42. The van der Waals surface area contributed by atoms with Gasteiger partial charge in [-0.2, -0.15) is 4.80 Å². The minimum atomic E-state index is -1.22. The summed E-state index contributed by atoms with van der Waals surface area (Å²) >= 11 is 0. The van der Waals surface area contributed by atoms with Gasteiger partial charge in [0, 0.05) is 36.9 Å². The fourth-order valence-corrected chi connectivity index (χ4v) is 4.67. The molecule has 186 valence electrons. The highest BCUT2D eigenvalue weighted by Gasteiger charge is 2.39. The summed E-state index contributed by atoms with van der Waals surface area (Å²) in [6, 6.07) is 15.6. The van der Waals surface area contributed by atoms with E-state index in [9.17, 15) is 4.79 Å². The summed E-state index contributed by atoms with van der Waals surface area (Å²) < 4.78 is 21.5. The van der Waals surface area contributed by atoms with Crippen LogP contribution in [0.1, 0.15) is 24.9 Å². The lowest BCUT2D eigenvalue weighted by Crippen LogP contribution is -2.30. The molecule has 1 fully saturated rings. The number of nitrogens with one attached hydrogen (secondary N) is 1. The van der Waals surface area contributed by atoms with Crippen molar-refractivity contribution < 1.29 is 13.9 Å². The molecule has 10 nitrogen and oxygen atoms in total. The van der Waals surface area contributed by atoms with E-state index in [-0.39, 0.29) is 12.3 Å². The summed E-state index contributed by atoms with van der Waals surface area (Å²) in [5, 5.41) is 12.1. The van der Waals surface area contributed by atoms with Gasteiger partial charge in [0.1, 0.15) is 23.4 Å². The number of ether oxygens (including phenoxy) is 1. The number of carbonyl (C=O) groups is 1. The SMILES string of the molecule is CC(=O)N1CCC(F)C1c1cc2[nH]c(-c3ccccn3)nc2cc1Oc1ccc(-c2nnn(C)n2)cc1. The molecular weight excluding hydrogens is 475 g/mol. The molecule has 1 amide bonds. The normalized spacial score (nSPS) is 17.4. The number of hydrogen-bond acceptors (Lipinski definition) is 7. The summed E-state index contributed by atoms with van der Waals surface area (Å²) in [4.78, 5) is 27.6. The number of aromatic amines is 1. The summed E-state index contributed by atoms with van der Waals surface area (Å²) in [6.07, 6.45) is 0.746. The van der Waals surface area contributed by atoms with Gasteiger partial charge in [-0.1, -0.05) is 6.07 Å². The first kappa shape index (κ1) is 22.8. The number of aromatic nitrogens is 7. The zero-order valence-electron chi connectivity index (χ0n) is 20.2. The average molecular weight is 499 g/mol. The highest BCUT2D eigenvalue weighted by atomic mass is 19.1. The number of alkyl halides is 1. The van der Waals surface area contributed by atoms with E-state index in [1.165, 1.54) is 11.7 Å². The Balaban J connectivity index is 1.42. The molecular formula is C26H23FN8O2. The number of likely N-dealkylation sites (tertiary alicyclic amines) is 1. The number of fused-ring (bicyclic) bond motifs is 1. The molecule has 4 heterocycles. The van der Waals surface area contributed by atoms with Gasteiger partial charge in [0.05, 0.1) is 24.1 Å². The maximum Gasteiger partial charge on any atom is 0.220 e. The van der Waals surface area contributed by atoms with Crippen LogP contribution >= 0.6 is 0 Å². The molecule has 0 radical (unpaired) electrons. The van der Waals surface area contributed by atoms with Gasteiger partial charge >= 0.3 is 0 Å². The Kier molecular flexibility index (Phi) is 5.59. The number of nitrogens with zero attached hydrogens (tertiary/aromatic N) is 7. The second kappa shape index (κ2) is 9.08. The Bertz CT molecular complexity index is 1580. The van der Waals surface area contributed by atoms with Crippen molar-refractivity contribution in [2.45, 2.75) is 25.6 Å². The predicted molar refractivity (Wildman–Crippen MR) is 133 cm³/mol. The molecule has 2 unspecified atom stereocenters. The Hall–Kier alpha value is -4.67. The highest BCUT2D eigenvalue weighted by Crippen LogP contribution is 2.42. The Labute approximate surface area is 211 Å². The quantitative estimate of drug-likeness (QED) is 0.385. The van der Waals surface area contributed by atoms with Crippen LogP contribution in [0.25, 0.3) is 33.9 Å². The molecule has 1 N–H and O–H groups in total. The molecule has 11 heteroatoms. The van der Waals surface area contributed by atoms with E-state index in [0.29, 0.717) is 52.0 Å². The Morgan fingerprint density at radius 2 is 2.00 bits per heavy atom. The van der Waals surface area contributed by atoms with Crippen LogP contribution in [-0.2, 0) is 11.8 Å². The van der Waals surface area contributed by atoms with E-state index in [1.807, 2.05) is 36.4 Å². The third kappa shape index (κ3) is 4.28. The summed E-state index contributed by atoms with van der Waals surface area (Å²) in [5.41, 5.74) is 3.39. The fourth-order valence-electron chi connectivity index (χ4n) is 4.67. The van der Waals surface area contributed by atoms with Crippen molar-refractivity contribution in [3.63, 3.8) is 0 Å². The lowest BCUT2D eigenvalue weighted by atomic mass is 10.0. The smallest absolute Gasteiger partial charge is 0.220 e. The van der Waals surface area contributed by atoms with Crippen LogP contribution in [0.3, 0.4) is 0 Å². The number of benzene rings is 2. The maximum absolute atomic E-state index is 15.2. The molecule has 2 aromatic carbocycles. The van der Waals surface area contributed by atoms with Crippen LogP contribution < -0.4 is 4.74 Å². The summed E-state index contributed by atoms with van der Waals surface area (Å²) in [6.45, 7) is 1.80. The van der Waals surface area contributed by atoms with Gasteiger partial charge in [-0.25, -0.2) is 9.37 Å². The third-order valence-corrected chi connectivity index (χ3v) is 6.42. The predicted octanol–water partition coefficient (Wildman–Crippen LogP) is 4.24. The number of tetrazole rings is 1. The van der Waals surface area contributed by atoms with Crippen LogP contribution in [0.15, 0.2) is 60.8 Å². The maximum atomic E-state index is 15.2. The molecule has 1 aliphatic rings. The fraction of sp³-hybridized carbons (Fsp3) is 0.231. The van der Waals surface area contributed by atoms with Gasteiger partial charge in [0.2, 0.25) is 11.7 Å². The minimum absolute atomic E-state index is 0.184. The van der Waals surface area contributed by atoms with Crippen molar-refractivity contribution in [3.05, 3.63) is 66.4 Å². The molecule has 0 saturated carbocycles. The van der Waals surface area contributed by atoms with Gasteiger partial charge in [-0.15, -0.1) is 10.2 Å². The van der Waals surface area contributed by atoms with E-state index in [1.54, 1.807) is 36.3 Å². The van der Waals surface area contributed by atoms with E-state index in [4.69, 9.17) is 4.74 Å². The van der Waals surface area contributed by atoms with Gasteiger partial charge in [0.15, 0.2) is 5.82 Å². The molecule has 5 aromatic rings. The molecule has 2 atom stereocenters. The summed E-state index contributed by atoms with van der Waals surface area (Å²) in [5.74, 6) is 1.87. The molecule has 6 rings (SSSR count). The lowest BCUT2D eigenvalue weighted by Gasteiger charge is -2.26. The Morgan fingerprint density at radius 3 is 2.70 bits per heavy atom. The van der Waals surface area contributed by atoms with Crippen LogP contribution in [-0.4, -0.2) is 58.7 Å². The number of imidazole rings is 1. The van der Waals surface area contributed by atoms with Crippen LogP contribution in [0, 0.1) is 0 Å². The van der Waals surface area contributed by atoms with Gasteiger partial charge in [-0.3, -0.25) is 9.78 Å². The molecule has 3 aromatic heterocycles. The average Bonchev–Trinajstić information content (AvgIpc) is 3.62. The van der Waals surface area contributed by atoms with E-state index < -0.39 is 12.2 Å². The van der Waals surface area contributed by atoms with Crippen molar-refractivity contribution in [2.75, 3.05) is 6.54 Å². The monoisotopic (exact) mass is 498 g/mol. The first-order chi connectivity index (χ1) is 18.0. The zero-order valence-corrected chi connectivity index (χ0v) is 20.2. The second-order valence-corrected chi connectivity index (χ2v) is 8.90. The van der Waals surface area contributed by atoms with Gasteiger partial charge in [-0.05, 0) is 54.1 Å². The molecule has 0 bridgehead atoms. The van der Waals surface area contributed by atoms with Crippen LogP contribution in [0.4, 0.5) is 4.39 Å². The summed E-state index contributed by atoms with van der Waals surface area (Å²) in [7, 11) is 1.70. The molecule has 0 spiro atoms. The van der Waals surface area contributed by atoms with E-state index in [0.717, 1.165) is 5.56 Å². The van der Waals surface area contributed by atoms with E-state index in [2.05, 4.69) is 30.4 Å². The van der Waals surface area contributed by atoms with E-state index >= 15 is 4.39 Å². The number of rotatable bonds is 5. The molecule has 1 saturated heterocycles. The molecule has 1 aliphatic heterocycles. The molecule has 0 aliphatic carbocycles. The number of pyridine rings is 1.